The zero-order chi connectivity index (χ0) is 25.5. The fraction of sp³-hybridized carbons (Fsp3) is 0.222. The number of esters is 1. The summed E-state index contributed by atoms with van der Waals surface area (Å²) in [5, 5.41) is 34.5. The number of nitro groups is 1. The third kappa shape index (κ3) is 8.21. The number of aliphatic carboxylic acids is 2. The van der Waals surface area contributed by atoms with Crippen LogP contribution < -0.4 is 10.5 Å². The highest BCUT2D eigenvalue weighted by Gasteiger charge is 2.38. The number of hydrogen-bond acceptors (Lipinski definition) is 8. The van der Waals surface area contributed by atoms with Crippen LogP contribution in [-0.2, 0) is 16.0 Å². The first-order valence-electron chi connectivity index (χ1n) is 8.60. The van der Waals surface area contributed by atoms with Crippen LogP contribution >= 0.6 is 11.3 Å². The number of carbonyl (C=O) groups is 3. The minimum Gasteiger partial charge on any atom is -0.481 e. The molecule has 178 valence electrons. The van der Waals surface area contributed by atoms with Crippen LogP contribution in [0.4, 0.5) is 18.9 Å². The molecule has 0 aliphatic carbocycles. The number of nitrogens with zero attached hydrogens (tertiary/aromatic N) is 1. The Morgan fingerprint density at radius 3 is 2.27 bits per heavy atom. The Balaban J connectivity index is 0.000000675. The molecule has 0 fully saturated rings. The van der Waals surface area contributed by atoms with Gasteiger partial charge in [0.05, 0.1) is 10.8 Å². The van der Waals surface area contributed by atoms with E-state index >= 15 is 0 Å². The van der Waals surface area contributed by atoms with Gasteiger partial charge < -0.3 is 20.7 Å². The van der Waals surface area contributed by atoms with E-state index < -0.39 is 40.6 Å². The molecule has 0 aliphatic heterocycles. The van der Waals surface area contributed by atoms with Crippen molar-refractivity contribution in [3.63, 3.8) is 0 Å². The van der Waals surface area contributed by atoms with Crippen molar-refractivity contribution < 1.29 is 47.4 Å². The number of rotatable bonds is 7. The Kier molecular flexibility index (Phi) is 9.03. The summed E-state index contributed by atoms with van der Waals surface area (Å²) in [5.74, 6) is -5.70. The molecule has 11 nitrogen and oxygen atoms in total. The zero-order valence-corrected chi connectivity index (χ0v) is 17.4. The average molecular weight is 491 g/mol. The molecule has 15 heteroatoms. The first-order valence-corrected chi connectivity index (χ1v) is 9.41. The van der Waals surface area contributed by atoms with Gasteiger partial charge in [-0.1, -0.05) is 6.92 Å². The number of nitro benzene ring substituents is 1. The van der Waals surface area contributed by atoms with E-state index in [1.54, 1.807) is 13.0 Å². The fourth-order valence-electron chi connectivity index (χ4n) is 2.05. The van der Waals surface area contributed by atoms with Gasteiger partial charge in [-0.2, -0.15) is 13.2 Å². The van der Waals surface area contributed by atoms with Crippen LogP contribution in [0.1, 0.15) is 27.0 Å². The first kappa shape index (κ1) is 27.0. The summed E-state index contributed by atoms with van der Waals surface area (Å²) < 4.78 is 36.8. The van der Waals surface area contributed by atoms with Crippen LogP contribution in [0.2, 0.25) is 0 Å². The van der Waals surface area contributed by atoms with Crippen molar-refractivity contribution in [2.75, 3.05) is 0 Å². The van der Waals surface area contributed by atoms with Gasteiger partial charge in [0.15, 0.2) is 0 Å². The van der Waals surface area contributed by atoms with E-state index in [4.69, 9.17) is 30.9 Å². The highest BCUT2D eigenvalue weighted by atomic mass is 32.1. The maximum atomic E-state index is 12.2. The fourth-order valence-corrected chi connectivity index (χ4v) is 3.06. The number of ether oxygens (including phenoxy) is 1. The van der Waals surface area contributed by atoms with Gasteiger partial charge in [0, 0.05) is 16.5 Å². The number of carboxylic acid groups (broad SMARTS) is 2. The number of carbonyl (C=O) groups excluding carboxylic acids is 1. The quantitative estimate of drug-likeness (QED) is 0.112. The molecule has 0 saturated carbocycles. The lowest BCUT2D eigenvalue weighted by atomic mass is 10.1. The number of nitrogens with two attached hydrogens (primary N) is 1. The Bertz CT molecular complexity index is 1080. The van der Waals surface area contributed by atoms with Crippen LogP contribution in [0, 0.1) is 21.4 Å². The number of amidine groups is 1. The minimum atomic E-state index is -5.08. The second-order valence-corrected chi connectivity index (χ2v) is 7.42. The third-order valence-electron chi connectivity index (χ3n) is 3.70. The van der Waals surface area contributed by atoms with Gasteiger partial charge in [0.1, 0.15) is 10.7 Å². The molecule has 0 bridgehead atoms. The summed E-state index contributed by atoms with van der Waals surface area (Å²) in [6, 6.07) is 6.69. The van der Waals surface area contributed by atoms with Gasteiger partial charge >= 0.3 is 29.8 Å². The second-order valence-electron chi connectivity index (χ2n) is 6.26. The predicted octanol–water partition coefficient (Wildman–Crippen LogP) is 3.06. The molecule has 0 aliphatic rings. The maximum absolute atomic E-state index is 12.2. The molecule has 1 unspecified atom stereocenters. The molecule has 1 atom stereocenters. The van der Waals surface area contributed by atoms with E-state index in [1.165, 1.54) is 18.2 Å². The molecule has 0 amide bonds. The Morgan fingerprint density at radius 1 is 1.24 bits per heavy atom. The second kappa shape index (κ2) is 11.0. The Morgan fingerprint density at radius 2 is 1.82 bits per heavy atom. The number of carboxylic acids is 2. The number of nitrogen functional groups attached to an aromatic ring is 1. The van der Waals surface area contributed by atoms with E-state index in [2.05, 4.69) is 0 Å². The molecular formula is C18H16F3N3O8S. The smallest absolute Gasteiger partial charge is 0.481 e. The van der Waals surface area contributed by atoms with Crippen molar-refractivity contribution in [2.24, 2.45) is 11.7 Å². The van der Waals surface area contributed by atoms with E-state index in [1.807, 2.05) is 0 Å². The Hall–Kier alpha value is -4.01. The summed E-state index contributed by atoms with van der Waals surface area (Å²) in [7, 11) is 0. The number of nitrogens with one attached hydrogen (secondary N) is 1. The highest BCUT2D eigenvalue weighted by Crippen LogP contribution is 2.30. The molecule has 1 aromatic carbocycles. The summed E-state index contributed by atoms with van der Waals surface area (Å²) in [5.41, 5.74) is 4.95. The molecule has 5 N–H and O–H groups in total. The predicted molar refractivity (Wildman–Crippen MR) is 108 cm³/mol. The van der Waals surface area contributed by atoms with Crippen LogP contribution in [-0.4, -0.2) is 45.1 Å². The van der Waals surface area contributed by atoms with Crippen LogP contribution in [0.15, 0.2) is 30.3 Å². The Labute approximate surface area is 186 Å². The van der Waals surface area contributed by atoms with Crippen molar-refractivity contribution in [3.05, 3.63) is 55.8 Å². The van der Waals surface area contributed by atoms with E-state index in [0.717, 1.165) is 17.4 Å². The average Bonchev–Trinajstić information content (AvgIpc) is 3.16. The lowest BCUT2D eigenvalue weighted by molar-refractivity contribution is -0.385. The molecule has 0 radical (unpaired) electrons. The minimum absolute atomic E-state index is 0.137. The van der Waals surface area contributed by atoms with Crippen molar-refractivity contribution >= 4 is 40.8 Å². The third-order valence-corrected chi connectivity index (χ3v) is 4.79. The summed E-state index contributed by atoms with van der Waals surface area (Å²) in [6.45, 7) is 1.56. The number of benzene rings is 1. The molecule has 0 spiro atoms. The normalized spacial score (nSPS) is 11.5. The van der Waals surface area contributed by atoms with Gasteiger partial charge in [-0.15, -0.1) is 11.3 Å². The largest absolute Gasteiger partial charge is 0.490 e. The number of hydrogen-bond donors (Lipinski definition) is 4. The molecule has 2 rings (SSSR count). The lowest BCUT2D eigenvalue weighted by Crippen LogP contribution is -2.21. The summed E-state index contributed by atoms with van der Waals surface area (Å²) in [6.07, 6.45) is -4.82. The van der Waals surface area contributed by atoms with Gasteiger partial charge in [-0.05, 0) is 30.7 Å². The van der Waals surface area contributed by atoms with Crippen LogP contribution in [0.25, 0.3) is 0 Å². The molecule has 33 heavy (non-hydrogen) atoms. The standard InChI is InChI=1S/C16H15N3O6S.C2HF3O2/c1-8(15(20)21)6-10-3-5-13(26-10)16(22)25-12-4-2-9(14(17)18)7-11(12)19(23)24;3-2(4,5)1(6)7/h2-5,7-8H,6H2,1H3,(H3,17,18)(H,20,21);(H,6,7). The number of thiophene rings is 1. The van der Waals surface area contributed by atoms with E-state index in [0.29, 0.717) is 4.88 Å². The highest BCUT2D eigenvalue weighted by molar-refractivity contribution is 7.13. The van der Waals surface area contributed by atoms with Gasteiger partial charge in [0.2, 0.25) is 5.75 Å². The molecular weight excluding hydrogens is 475 g/mol. The van der Waals surface area contributed by atoms with Crippen molar-refractivity contribution in [1.29, 1.82) is 5.41 Å². The molecule has 1 heterocycles. The molecule has 2 aromatic rings. The van der Waals surface area contributed by atoms with Crippen molar-refractivity contribution in [2.45, 2.75) is 19.5 Å². The first-order chi connectivity index (χ1) is 15.1. The van der Waals surface area contributed by atoms with Gasteiger partial charge in [-0.25, -0.2) is 9.59 Å². The van der Waals surface area contributed by atoms with E-state index in [-0.39, 0.29) is 28.4 Å². The van der Waals surface area contributed by atoms with Crippen molar-refractivity contribution in [1.82, 2.24) is 0 Å². The molecule has 0 saturated heterocycles. The van der Waals surface area contributed by atoms with Gasteiger partial charge in [-0.3, -0.25) is 20.3 Å². The van der Waals surface area contributed by atoms with Crippen LogP contribution in [0.3, 0.4) is 0 Å². The van der Waals surface area contributed by atoms with Crippen molar-refractivity contribution in [3.8, 4) is 5.75 Å². The molecule has 1 aromatic heterocycles. The lowest BCUT2D eigenvalue weighted by Gasteiger charge is -2.06. The number of halogens is 3. The maximum Gasteiger partial charge on any atom is 0.490 e. The van der Waals surface area contributed by atoms with E-state index in [9.17, 15) is 32.9 Å². The van der Waals surface area contributed by atoms with Crippen LogP contribution in [0.5, 0.6) is 5.75 Å². The summed E-state index contributed by atoms with van der Waals surface area (Å²) >= 11 is 1.07. The topological polar surface area (TPSA) is 194 Å². The van der Waals surface area contributed by atoms with Gasteiger partial charge in [0.25, 0.3) is 0 Å². The zero-order valence-electron chi connectivity index (χ0n) is 16.6. The SMILES string of the molecule is CC(Cc1ccc(C(=O)Oc2ccc(C(=N)N)cc2[N+](=O)[O-])s1)C(=O)O.O=C(O)C(F)(F)F. The number of alkyl halides is 3. The summed E-state index contributed by atoms with van der Waals surface area (Å²) in [4.78, 5) is 43.3. The monoisotopic (exact) mass is 491 g/mol.